The van der Waals surface area contributed by atoms with Gasteiger partial charge in [0, 0.05) is 19.7 Å². The number of esters is 1. The molecule has 1 amide bonds. The summed E-state index contributed by atoms with van der Waals surface area (Å²) in [6.45, 7) is 1.96. The second-order valence-corrected chi connectivity index (χ2v) is 4.77. The number of aromatic nitrogens is 1. The maximum atomic E-state index is 13.3. The summed E-state index contributed by atoms with van der Waals surface area (Å²) in [6.07, 6.45) is 1.88. The topological polar surface area (TPSA) is 68.3 Å². The zero-order valence-corrected chi connectivity index (χ0v) is 10.9. The van der Waals surface area contributed by atoms with Crippen molar-refractivity contribution >= 4 is 11.9 Å². The van der Waals surface area contributed by atoms with E-state index in [0.717, 1.165) is 12.3 Å². The van der Waals surface area contributed by atoms with Crippen molar-refractivity contribution in [3.05, 3.63) is 29.6 Å². The van der Waals surface area contributed by atoms with Gasteiger partial charge in [0.2, 0.25) is 11.9 Å². The summed E-state index contributed by atoms with van der Waals surface area (Å²) in [5.74, 6) is -3.38. The van der Waals surface area contributed by atoms with Crippen molar-refractivity contribution in [3.8, 4) is 0 Å². The van der Waals surface area contributed by atoms with Crippen LogP contribution in [0.25, 0.3) is 0 Å². The first-order chi connectivity index (χ1) is 9.47. The normalized spacial score (nSPS) is 20.9. The van der Waals surface area contributed by atoms with Gasteiger partial charge in [0.05, 0.1) is 0 Å². The third-order valence-electron chi connectivity index (χ3n) is 3.17. The molecule has 1 N–H and O–H groups in total. The van der Waals surface area contributed by atoms with Gasteiger partial charge < -0.3 is 10.1 Å². The molecule has 7 heteroatoms. The SMILES string of the molecule is CC(=O)NCC1CC(OC(=O)c2ccnc(F)c2F)C1. The van der Waals surface area contributed by atoms with E-state index in [-0.39, 0.29) is 17.9 Å². The van der Waals surface area contributed by atoms with Crippen LogP contribution in [0.3, 0.4) is 0 Å². The number of nitrogens with zero attached hydrogens (tertiary/aromatic N) is 1. The standard InChI is InChI=1S/C13H14F2N2O3/c1-7(18)17-6-8-4-9(5-8)20-13(19)10-2-3-16-12(15)11(10)14/h2-3,8-9H,4-6H2,1H3,(H,17,18). The molecule has 108 valence electrons. The Balaban J connectivity index is 1.82. The zero-order valence-electron chi connectivity index (χ0n) is 10.9. The van der Waals surface area contributed by atoms with Crippen LogP contribution in [0.5, 0.6) is 0 Å². The molecule has 5 nitrogen and oxygen atoms in total. The molecule has 0 bridgehead atoms. The summed E-state index contributed by atoms with van der Waals surface area (Å²) in [4.78, 5) is 25.5. The van der Waals surface area contributed by atoms with Gasteiger partial charge in [0.15, 0.2) is 5.82 Å². The average molecular weight is 284 g/mol. The van der Waals surface area contributed by atoms with E-state index in [1.54, 1.807) is 0 Å². The van der Waals surface area contributed by atoms with Crippen molar-refractivity contribution in [2.75, 3.05) is 6.54 Å². The van der Waals surface area contributed by atoms with Crippen LogP contribution < -0.4 is 5.32 Å². The monoisotopic (exact) mass is 284 g/mol. The number of halogens is 2. The van der Waals surface area contributed by atoms with Gasteiger partial charge in [-0.1, -0.05) is 0 Å². The third kappa shape index (κ3) is 3.28. The van der Waals surface area contributed by atoms with Crippen molar-refractivity contribution < 1.29 is 23.1 Å². The fourth-order valence-corrected chi connectivity index (χ4v) is 2.02. The number of carbonyl (C=O) groups excluding carboxylic acids is 2. The Bertz CT molecular complexity index is 530. The van der Waals surface area contributed by atoms with E-state index >= 15 is 0 Å². The van der Waals surface area contributed by atoms with Gasteiger partial charge in [0.1, 0.15) is 11.7 Å². The molecular formula is C13H14F2N2O3. The van der Waals surface area contributed by atoms with Gasteiger partial charge >= 0.3 is 5.97 Å². The molecule has 1 aliphatic rings. The fourth-order valence-electron chi connectivity index (χ4n) is 2.02. The van der Waals surface area contributed by atoms with Gasteiger partial charge in [-0.2, -0.15) is 4.39 Å². The van der Waals surface area contributed by atoms with Crippen LogP contribution in [0.4, 0.5) is 8.78 Å². The lowest BCUT2D eigenvalue weighted by Crippen LogP contribution is -2.40. The minimum Gasteiger partial charge on any atom is -0.459 e. The number of nitrogens with one attached hydrogen (secondary N) is 1. The molecule has 0 saturated heterocycles. The van der Waals surface area contributed by atoms with Crippen LogP contribution in [0.2, 0.25) is 0 Å². The molecule has 1 aromatic rings. The van der Waals surface area contributed by atoms with E-state index in [9.17, 15) is 18.4 Å². The highest BCUT2D eigenvalue weighted by Crippen LogP contribution is 2.30. The smallest absolute Gasteiger partial charge is 0.341 e. The number of rotatable bonds is 4. The van der Waals surface area contributed by atoms with Crippen molar-refractivity contribution in [1.29, 1.82) is 0 Å². The van der Waals surface area contributed by atoms with Crippen molar-refractivity contribution in [1.82, 2.24) is 10.3 Å². The molecule has 1 aliphatic carbocycles. The molecule has 0 radical (unpaired) electrons. The quantitative estimate of drug-likeness (QED) is 0.671. The summed E-state index contributed by atoms with van der Waals surface area (Å²) in [5.41, 5.74) is -0.456. The van der Waals surface area contributed by atoms with Crippen LogP contribution >= 0.6 is 0 Å². The Kier molecular flexibility index (Phi) is 4.26. The Morgan fingerprint density at radius 1 is 1.45 bits per heavy atom. The number of pyridine rings is 1. The molecule has 1 heterocycles. The van der Waals surface area contributed by atoms with E-state index in [0.29, 0.717) is 19.4 Å². The molecule has 1 saturated carbocycles. The van der Waals surface area contributed by atoms with E-state index in [4.69, 9.17) is 4.74 Å². The molecule has 0 spiro atoms. The predicted octanol–water partition coefficient (Wildman–Crippen LogP) is 1.43. The Labute approximate surface area is 114 Å². The summed E-state index contributed by atoms with van der Waals surface area (Å²) in [7, 11) is 0. The number of ether oxygens (including phenoxy) is 1. The van der Waals surface area contributed by atoms with E-state index in [1.165, 1.54) is 6.92 Å². The highest BCUT2D eigenvalue weighted by atomic mass is 19.2. The van der Waals surface area contributed by atoms with E-state index < -0.39 is 23.3 Å². The maximum Gasteiger partial charge on any atom is 0.341 e. The van der Waals surface area contributed by atoms with Crippen LogP contribution in [0.1, 0.15) is 30.1 Å². The van der Waals surface area contributed by atoms with Crippen molar-refractivity contribution in [2.24, 2.45) is 5.92 Å². The van der Waals surface area contributed by atoms with Crippen LogP contribution in [-0.2, 0) is 9.53 Å². The zero-order chi connectivity index (χ0) is 14.7. The van der Waals surface area contributed by atoms with E-state index in [2.05, 4.69) is 10.3 Å². The second-order valence-electron chi connectivity index (χ2n) is 4.77. The Morgan fingerprint density at radius 3 is 2.80 bits per heavy atom. The second kappa shape index (κ2) is 5.94. The van der Waals surface area contributed by atoms with Gasteiger partial charge in [-0.3, -0.25) is 4.79 Å². The molecule has 0 aromatic carbocycles. The number of hydrogen-bond donors (Lipinski definition) is 1. The van der Waals surface area contributed by atoms with Crippen molar-refractivity contribution in [2.45, 2.75) is 25.9 Å². The summed E-state index contributed by atoms with van der Waals surface area (Å²) in [6, 6.07) is 1.08. The van der Waals surface area contributed by atoms with Gasteiger partial charge in [0.25, 0.3) is 0 Å². The Hall–Kier alpha value is -2.05. The highest BCUT2D eigenvalue weighted by Gasteiger charge is 2.33. The fraction of sp³-hybridized carbons (Fsp3) is 0.462. The molecule has 0 unspecified atom stereocenters. The first kappa shape index (κ1) is 14.4. The minimum atomic E-state index is -1.32. The number of carbonyl (C=O) groups is 2. The summed E-state index contributed by atoms with van der Waals surface area (Å²) < 4.78 is 31.3. The first-order valence-corrected chi connectivity index (χ1v) is 6.22. The molecular weight excluding hydrogens is 270 g/mol. The molecule has 20 heavy (non-hydrogen) atoms. The predicted molar refractivity (Wildman–Crippen MR) is 64.8 cm³/mol. The lowest BCUT2D eigenvalue weighted by molar-refractivity contribution is -0.119. The van der Waals surface area contributed by atoms with Crippen LogP contribution in [0, 0.1) is 17.7 Å². The molecule has 1 fully saturated rings. The highest BCUT2D eigenvalue weighted by molar-refractivity contribution is 5.89. The van der Waals surface area contributed by atoms with Crippen LogP contribution in [-0.4, -0.2) is 29.5 Å². The first-order valence-electron chi connectivity index (χ1n) is 6.22. The van der Waals surface area contributed by atoms with Gasteiger partial charge in [-0.05, 0) is 24.8 Å². The summed E-state index contributed by atoms with van der Waals surface area (Å²) >= 11 is 0. The minimum absolute atomic E-state index is 0.111. The molecule has 0 atom stereocenters. The van der Waals surface area contributed by atoms with Gasteiger partial charge in [-0.15, -0.1) is 0 Å². The Morgan fingerprint density at radius 2 is 2.15 bits per heavy atom. The number of amides is 1. The van der Waals surface area contributed by atoms with Crippen molar-refractivity contribution in [3.63, 3.8) is 0 Å². The maximum absolute atomic E-state index is 13.3. The van der Waals surface area contributed by atoms with Crippen LogP contribution in [0.15, 0.2) is 12.3 Å². The molecule has 1 aromatic heterocycles. The van der Waals surface area contributed by atoms with Gasteiger partial charge in [-0.25, -0.2) is 14.2 Å². The molecule has 2 rings (SSSR count). The largest absolute Gasteiger partial charge is 0.459 e. The molecule has 0 aliphatic heterocycles. The third-order valence-corrected chi connectivity index (χ3v) is 3.17. The van der Waals surface area contributed by atoms with E-state index in [1.807, 2.05) is 0 Å². The lowest BCUT2D eigenvalue weighted by Gasteiger charge is -2.34. The lowest BCUT2D eigenvalue weighted by atomic mass is 9.82. The summed E-state index contributed by atoms with van der Waals surface area (Å²) in [5, 5.41) is 2.67. The average Bonchev–Trinajstić information content (AvgIpc) is 2.34. The number of hydrogen-bond acceptors (Lipinski definition) is 4.